The molecule has 1 N–H and O–H groups in total. The number of nitro benzene ring substituents is 1. The van der Waals surface area contributed by atoms with Gasteiger partial charge in [0.05, 0.1) is 11.1 Å². The second-order valence-electron chi connectivity index (χ2n) is 5.35. The summed E-state index contributed by atoms with van der Waals surface area (Å²) in [6.07, 6.45) is 1.49. The van der Waals surface area contributed by atoms with Gasteiger partial charge in [0, 0.05) is 29.1 Å². The number of nitrogens with one attached hydrogen (secondary N) is 1. The molecule has 0 radical (unpaired) electrons. The fourth-order valence-corrected chi connectivity index (χ4v) is 2.28. The standard InChI is InChI=1S/C17H15N5O3/c1-11-8-12(2)20-17(19-11)21-18-10-15-6-7-16(25-15)13-4-3-5-14(9-13)22(23)24/h3-10H,1-2H3,(H,19,20,21)/b18-10+. The summed E-state index contributed by atoms with van der Waals surface area (Å²) in [6.45, 7) is 3.75. The van der Waals surface area contributed by atoms with E-state index in [1.54, 1.807) is 24.3 Å². The van der Waals surface area contributed by atoms with Gasteiger partial charge < -0.3 is 4.42 Å². The van der Waals surface area contributed by atoms with E-state index in [0.29, 0.717) is 23.0 Å². The maximum absolute atomic E-state index is 10.8. The fraction of sp³-hybridized carbons (Fsp3) is 0.118. The number of aryl methyl sites for hydroxylation is 2. The highest BCUT2D eigenvalue weighted by Crippen LogP contribution is 2.25. The first-order chi connectivity index (χ1) is 12.0. The summed E-state index contributed by atoms with van der Waals surface area (Å²) in [5, 5.41) is 14.9. The Bertz CT molecular complexity index is 929. The summed E-state index contributed by atoms with van der Waals surface area (Å²) in [7, 11) is 0. The van der Waals surface area contributed by atoms with Crippen LogP contribution in [0, 0.1) is 24.0 Å². The van der Waals surface area contributed by atoms with Gasteiger partial charge in [-0.1, -0.05) is 12.1 Å². The smallest absolute Gasteiger partial charge is 0.270 e. The Hall–Kier alpha value is -3.55. The van der Waals surface area contributed by atoms with Crippen LogP contribution in [0.15, 0.2) is 52.0 Å². The molecule has 0 saturated heterocycles. The number of nitro groups is 1. The zero-order valence-corrected chi connectivity index (χ0v) is 13.6. The molecule has 0 unspecified atom stereocenters. The molecule has 1 aromatic carbocycles. The predicted molar refractivity (Wildman–Crippen MR) is 93.5 cm³/mol. The van der Waals surface area contributed by atoms with E-state index >= 15 is 0 Å². The van der Waals surface area contributed by atoms with Crippen molar-refractivity contribution in [2.45, 2.75) is 13.8 Å². The summed E-state index contributed by atoms with van der Waals surface area (Å²) in [5.74, 6) is 1.42. The maximum Gasteiger partial charge on any atom is 0.270 e. The van der Waals surface area contributed by atoms with Gasteiger partial charge in [0.2, 0.25) is 5.95 Å². The molecule has 126 valence electrons. The number of furan rings is 1. The van der Waals surface area contributed by atoms with E-state index in [1.807, 2.05) is 19.9 Å². The Kier molecular flexibility index (Phi) is 4.51. The number of hydrogen-bond acceptors (Lipinski definition) is 7. The second-order valence-corrected chi connectivity index (χ2v) is 5.35. The van der Waals surface area contributed by atoms with E-state index in [2.05, 4.69) is 20.5 Å². The zero-order valence-electron chi connectivity index (χ0n) is 13.6. The molecule has 8 nitrogen and oxygen atoms in total. The van der Waals surface area contributed by atoms with Gasteiger partial charge in [-0.2, -0.15) is 5.10 Å². The molecule has 0 fully saturated rings. The molecule has 0 aliphatic carbocycles. The molecule has 0 aliphatic rings. The van der Waals surface area contributed by atoms with Crippen LogP contribution in [0.3, 0.4) is 0 Å². The van der Waals surface area contributed by atoms with Crippen molar-refractivity contribution in [1.29, 1.82) is 0 Å². The Labute approximate surface area is 143 Å². The van der Waals surface area contributed by atoms with Crippen LogP contribution in [0.1, 0.15) is 17.1 Å². The van der Waals surface area contributed by atoms with Crippen LogP contribution in [0.2, 0.25) is 0 Å². The van der Waals surface area contributed by atoms with Crippen molar-refractivity contribution >= 4 is 17.9 Å². The highest BCUT2D eigenvalue weighted by Gasteiger charge is 2.09. The minimum absolute atomic E-state index is 0.0118. The minimum atomic E-state index is -0.442. The Morgan fingerprint density at radius 3 is 2.64 bits per heavy atom. The van der Waals surface area contributed by atoms with Crippen molar-refractivity contribution < 1.29 is 9.34 Å². The van der Waals surface area contributed by atoms with E-state index in [1.165, 1.54) is 18.3 Å². The third-order valence-electron chi connectivity index (χ3n) is 3.31. The Morgan fingerprint density at radius 2 is 1.92 bits per heavy atom. The van der Waals surface area contributed by atoms with E-state index in [9.17, 15) is 10.1 Å². The van der Waals surface area contributed by atoms with Crippen LogP contribution in [0.5, 0.6) is 0 Å². The normalized spacial score (nSPS) is 11.0. The van der Waals surface area contributed by atoms with E-state index in [0.717, 1.165) is 11.4 Å². The first-order valence-corrected chi connectivity index (χ1v) is 7.47. The molecule has 8 heteroatoms. The molecule has 2 heterocycles. The van der Waals surface area contributed by atoms with Crippen LogP contribution in [0.25, 0.3) is 11.3 Å². The van der Waals surface area contributed by atoms with Gasteiger partial charge in [-0.15, -0.1) is 0 Å². The summed E-state index contributed by atoms with van der Waals surface area (Å²) in [5.41, 5.74) is 5.07. The number of hydrazone groups is 1. The molecule has 2 aromatic heterocycles. The molecule has 0 amide bonds. The average Bonchev–Trinajstić information content (AvgIpc) is 3.03. The van der Waals surface area contributed by atoms with Crippen molar-refractivity contribution in [2.24, 2.45) is 5.10 Å². The van der Waals surface area contributed by atoms with E-state index < -0.39 is 4.92 Å². The highest BCUT2D eigenvalue weighted by atomic mass is 16.6. The van der Waals surface area contributed by atoms with Gasteiger partial charge in [0.15, 0.2) is 0 Å². The number of benzene rings is 1. The molecule has 0 aliphatic heterocycles. The lowest BCUT2D eigenvalue weighted by Crippen LogP contribution is -1.99. The molecule has 3 rings (SSSR count). The van der Waals surface area contributed by atoms with E-state index in [4.69, 9.17) is 4.42 Å². The second kappa shape index (κ2) is 6.91. The largest absolute Gasteiger partial charge is 0.455 e. The molecule has 0 atom stereocenters. The van der Waals surface area contributed by atoms with Gasteiger partial charge in [-0.25, -0.2) is 15.4 Å². The lowest BCUT2D eigenvalue weighted by molar-refractivity contribution is -0.384. The number of non-ortho nitro benzene ring substituents is 1. The van der Waals surface area contributed by atoms with Crippen molar-refractivity contribution in [3.63, 3.8) is 0 Å². The number of nitrogens with zero attached hydrogens (tertiary/aromatic N) is 4. The number of hydrogen-bond donors (Lipinski definition) is 1. The van der Waals surface area contributed by atoms with Gasteiger partial charge >= 0.3 is 0 Å². The molecular formula is C17H15N5O3. The SMILES string of the molecule is Cc1cc(C)nc(N/N=C/c2ccc(-c3cccc([N+](=O)[O-])c3)o2)n1. The van der Waals surface area contributed by atoms with Crippen molar-refractivity contribution in [3.8, 4) is 11.3 Å². The predicted octanol–water partition coefficient (Wildman–Crippen LogP) is 3.71. The van der Waals surface area contributed by atoms with Crippen LogP contribution in [-0.4, -0.2) is 21.1 Å². The summed E-state index contributed by atoms with van der Waals surface area (Å²) >= 11 is 0. The van der Waals surface area contributed by atoms with E-state index in [-0.39, 0.29) is 5.69 Å². The highest BCUT2D eigenvalue weighted by molar-refractivity contribution is 5.78. The van der Waals surface area contributed by atoms with Crippen molar-refractivity contribution in [2.75, 3.05) is 5.43 Å². The molecule has 0 saturated carbocycles. The van der Waals surface area contributed by atoms with Crippen LogP contribution < -0.4 is 5.43 Å². The third kappa shape index (κ3) is 4.05. The van der Waals surface area contributed by atoms with Crippen molar-refractivity contribution in [1.82, 2.24) is 9.97 Å². The summed E-state index contributed by atoms with van der Waals surface area (Å²) in [6, 6.07) is 11.6. The third-order valence-corrected chi connectivity index (χ3v) is 3.31. The number of rotatable bonds is 5. The summed E-state index contributed by atoms with van der Waals surface area (Å²) in [4.78, 5) is 18.8. The van der Waals surface area contributed by atoms with Crippen molar-refractivity contribution in [3.05, 3.63) is 69.7 Å². The summed E-state index contributed by atoms with van der Waals surface area (Å²) < 4.78 is 5.64. The monoisotopic (exact) mass is 337 g/mol. The van der Waals surface area contributed by atoms with Gasteiger partial charge in [0.1, 0.15) is 11.5 Å². The topological polar surface area (TPSA) is 106 Å². The fourth-order valence-electron chi connectivity index (χ4n) is 2.28. The first kappa shape index (κ1) is 16.3. The molecule has 0 spiro atoms. The number of aromatic nitrogens is 2. The molecule has 0 bridgehead atoms. The van der Waals surface area contributed by atoms with Gasteiger partial charge in [-0.3, -0.25) is 10.1 Å². The average molecular weight is 337 g/mol. The Morgan fingerprint density at radius 1 is 1.16 bits per heavy atom. The Balaban J connectivity index is 1.73. The number of anilines is 1. The quantitative estimate of drug-likeness (QED) is 0.432. The van der Waals surface area contributed by atoms with Gasteiger partial charge in [-0.05, 0) is 32.0 Å². The van der Waals surface area contributed by atoms with Crippen LogP contribution in [0.4, 0.5) is 11.6 Å². The lowest BCUT2D eigenvalue weighted by Gasteiger charge is -2.00. The van der Waals surface area contributed by atoms with Gasteiger partial charge in [0.25, 0.3) is 5.69 Å². The zero-order chi connectivity index (χ0) is 17.8. The lowest BCUT2D eigenvalue weighted by atomic mass is 10.1. The maximum atomic E-state index is 10.8. The molecule has 3 aromatic rings. The molecular weight excluding hydrogens is 322 g/mol. The first-order valence-electron chi connectivity index (χ1n) is 7.47. The minimum Gasteiger partial charge on any atom is -0.455 e. The molecule has 25 heavy (non-hydrogen) atoms. The van der Waals surface area contributed by atoms with Crippen LogP contribution in [-0.2, 0) is 0 Å². The van der Waals surface area contributed by atoms with Crippen LogP contribution >= 0.6 is 0 Å².